The highest BCUT2D eigenvalue weighted by molar-refractivity contribution is 5.92. The van der Waals surface area contributed by atoms with Gasteiger partial charge >= 0.3 is 0 Å². The highest BCUT2D eigenvalue weighted by Gasteiger charge is 2.26. The molecule has 2 amide bonds. The molecule has 29 heavy (non-hydrogen) atoms. The maximum absolute atomic E-state index is 12.6. The van der Waals surface area contributed by atoms with Gasteiger partial charge in [-0.3, -0.25) is 14.5 Å². The quantitative estimate of drug-likeness (QED) is 0.757. The molecule has 2 fully saturated rings. The van der Waals surface area contributed by atoms with Crippen molar-refractivity contribution in [2.75, 3.05) is 63.2 Å². The van der Waals surface area contributed by atoms with Gasteiger partial charge in [0, 0.05) is 37.1 Å². The number of carbonyl (C=O) groups excluding carboxylic acids is 2. The largest absolute Gasteiger partial charge is 0.378 e. The minimum atomic E-state index is -0.106. The van der Waals surface area contributed by atoms with Gasteiger partial charge in [0.2, 0.25) is 11.8 Å². The Morgan fingerprint density at radius 1 is 1.10 bits per heavy atom. The van der Waals surface area contributed by atoms with Crippen molar-refractivity contribution in [3.05, 3.63) is 24.3 Å². The molecule has 0 spiro atoms. The summed E-state index contributed by atoms with van der Waals surface area (Å²) in [5, 5.41) is 2.93. The number of carbonyl (C=O) groups is 2. The number of morpholine rings is 1. The van der Waals surface area contributed by atoms with E-state index < -0.39 is 0 Å². The normalized spacial score (nSPS) is 20.0. The maximum atomic E-state index is 12.6. The zero-order valence-corrected chi connectivity index (χ0v) is 17.7. The van der Waals surface area contributed by atoms with Crippen molar-refractivity contribution in [1.29, 1.82) is 0 Å². The van der Waals surface area contributed by atoms with E-state index in [1.165, 1.54) is 6.42 Å². The molecule has 7 nitrogen and oxygen atoms in total. The van der Waals surface area contributed by atoms with Gasteiger partial charge in [0.25, 0.3) is 0 Å². The van der Waals surface area contributed by atoms with Crippen molar-refractivity contribution in [3.63, 3.8) is 0 Å². The highest BCUT2D eigenvalue weighted by Crippen LogP contribution is 2.20. The van der Waals surface area contributed by atoms with Crippen LogP contribution in [-0.4, -0.2) is 80.6 Å². The average molecular weight is 403 g/mol. The Hall–Kier alpha value is -2.12. The molecule has 0 aliphatic carbocycles. The number of ether oxygens (including phenoxy) is 1. The van der Waals surface area contributed by atoms with Crippen molar-refractivity contribution in [2.45, 2.75) is 38.6 Å². The minimum Gasteiger partial charge on any atom is -0.378 e. The maximum Gasteiger partial charge on any atom is 0.238 e. The molecule has 0 saturated carbocycles. The van der Waals surface area contributed by atoms with Crippen LogP contribution in [0.25, 0.3) is 0 Å². The standard InChI is InChI=1S/C22H34N4O3/c1-3-19-6-4-5-11-26(19)22(28)17-24(2)16-21(27)23-18-7-9-20(10-8-18)25-12-14-29-15-13-25/h7-10,19H,3-6,11-17H2,1-2H3,(H,23,27). The SMILES string of the molecule is CCC1CCCCN1C(=O)CN(C)CC(=O)Nc1ccc(N2CCOCC2)cc1. The lowest BCUT2D eigenvalue weighted by atomic mass is 10.00. The fraction of sp³-hybridized carbons (Fsp3) is 0.636. The van der Waals surface area contributed by atoms with Crippen LogP contribution in [0.15, 0.2) is 24.3 Å². The molecule has 1 aromatic rings. The van der Waals surface area contributed by atoms with E-state index in [0.29, 0.717) is 6.04 Å². The number of rotatable bonds is 7. The van der Waals surface area contributed by atoms with E-state index in [9.17, 15) is 9.59 Å². The number of hydrogen-bond acceptors (Lipinski definition) is 5. The van der Waals surface area contributed by atoms with Crippen LogP contribution in [0, 0.1) is 0 Å². The van der Waals surface area contributed by atoms with Gasteiger partial charge in [0.15, 0.2) is 0 Å². The molecule has 3 rings (SSSR count). The monoisotopic (exact) mass is 402 g/mol. The minimum absolute atomic E-state index is 0.106. The van der Waals surface area contributed by atoms with Crippen LogP contribution in [0.2, 0.25) is 0 Å². The number of nitrogens with zero attached hydrogens (tertiary/aromatic N) is 3. The van der Waals surface area contributed by atoms with E-state index in [1.54, 1.807) is 4.90 Å². The summed E-state index contributed by atoms with van der Waals surface area (Å²) >= 11 is 0. The van der Waals surface area contributed by atoms with Crippen LogP contribution in [0.4, 0.5) is 11.4 Å². The zero-order chi connectivity index (χ0) is 20.6. The second-order valence-electron chi connectivity index (χ2n) is 8.01. The third kappa shape index (κ3) is 6.18. The first-order valence-corrected chi connectivity index (χ1v) is 10.8. The van der Waals surface area contributed by atoms with E-state index in [1.807, 2.05) is 36.2 Å². The Morgan fingerprint density at radius 3 is 2.52 bits per heavy atom. The van der Waals surface area contributed by atoms with Crippen LogP contribution >= 0.6 is 0 Å². The molecule has 0 bridgehead atoms. The van der Waals surface area contributed by atoms with Gasteiger partial charge in [-0.15, -0.1) is 0 Å². The van der Waals surface area contributed by atoms with Gasteiger partial charge in [-0.2, -0.15) is 0 Å². The molecule has 160 valence electrons. The second kappa shape index (κ2) is 10.6. The van der Waals surface area contributed by atoms with E-state index >= 15 is 0 Å². The topological polar surface area (TPSA) is 65.1 Å². The number of hydrogen-bond donors (Lipinski definition) is 1. The van der Waals surface area contributed by atoms with Crippen molar-refractivity contribution in [3.8, 4) is 0 Å². The van der Waals surface area contributed by atoms with Gasteiger partial charge in [-0.25, -0.2) is 0 Å². The summed E-state index contributed by atoms with van der Waals surface area (Å²) in [6.07, 6.45) is 4.36. The summed E-state index contributed by atoms with van der Waals surface area (Å²) in [7, 11) is 1.82. The van der Waals surface area contributed by atoms with Gasteiger partial charge in [-0.1, -0.05) is 6.92 Å². The van der Waals surface area contributed by atoms with Gasteiger partial charge in [0.05, 0.1) is 26.3 Å². The van der Waals surface area contributed by atoms with Crippen molar-refractivity contribution >= 4 is 23.2 Å². The van der Waals surface area contributed by atoms with Crippen LogP contribution in [0.5, 0.6) is 0 Å². The van der Waals surface area contributed by atoms with Gasteiger partial charge in [-0.05, 0) is 57.0 Å². The molecular weight excluding hydrogens is 368 g/mol. The summed E-state index contributed by atoms with van der Waals surface area (Å²) < 4.78 is 5.38. The molecule has 2 saturated heterocycles. The lowest BCUT2D eigenvalue weighted by Crippen LogP contribution is -2.48. The molecule has 0 aromatic heterocycles. The molecule has 2 heterocycles. The smallest absolute Gasteiger partial charge is 0.238 e. The molecule has 2 aliphatic heterocycles. The third-order valence-electron chi connectivity index (χ3n) is 5.76. The lowest BCUT2D eigenvalue weighted by molar-refractivity contribution is -0.136. The Labute approximate surface area is 174 Å². The number of anilines is 2. The number of likely N-dealkylation sites (N-methyl/N-ethyl adjacent to an activating group) is 1. The number of benzene rings is 1. The predicted octanol–water partition coefficient (Wildman–Crippen LogP) is 2.18. The Bertz CT molecular complexity index is 673. The number of nitrogens with one attached hydrogen (secondary N) is 1. The van der Waals surface area contributed by atoms with Crippen LogP contribution < -0.4 is 10.2 Å². The summed E-state index contributed by atoms with van der Waals surface area (Å²) in [5.74, 6) is 0.0202. The summed E-state index contributed by atoms with van der Waals surface area (Å²) in [5.41, 5.74) is 1.91. The molecule has 1 unspecified atom stereocenters. The van der Waals surface area contributed by atoms with Crippen molar-refractivity contribution in [1.82, 2.24) is 9.80 Å². The molecule has 1 N–H and O–H groups in total. The average Bonchev–Trinajstić information content (AvgIpc) is 2.74. The molecule has 7 heteroatoms. The number of piperidine rings is 1. The van der Waals surface area contributed by atoms with Crippen LogP contribution in [-0.2, 0) is 14.3 Å². The first kappa shape index (κ1) is 21.6. The predicted molar refractivity (Wildman–Crippen MR) is 115 cm³/mol. The fourth-order valence-corrected chi connectivity index (χ4v) is 4.15. The van der Waals surface area contributed by atoms with Crippen molar-refractivity contribution < 1.29 is 14.3 Å². The van der Waals surface area contributed by atoms with Gasteiger partial charge < -0.3 is 19.9 Å². The third-order valence-corrected chi connectivity index (χ3v) is 5.76. The molecule has 0 radical (unpaired) electrons. The lowest BCUT2D eigenvalue weighted by Gasteiger charge is -2.36. The van der Waals surface area contributed by atoms with Crippen LogP contribution in [0.1, 0.15) is 32.6 Å². The van der Waals surface area contributed by atoms with E-state index in [0.717, 1.165) is 63.5 Å². The molecule has 1 aromatic carbocycles. The van der Waals surface area contributed by atoms with Crippen molar-refractivity contribution in [2.24, 2.45) is 0 Å². The zero-order valence-electron chi connectivity index (χ0n) is 17.7. The van der Waals surface area contributed by atoms with E-state index in [4.69, 9.17) is 4.74 Å². The summed E-state index contributed by atoms with van der Waals surface area (Å²) in [4.78, 5) is 31.1. The highest BCUT2D eigenvalue weighted by atomic mass is 16.5. The number of likely N-dealkylation sites (tertiary alicyclic amines) is 1. The molecule has 1 atom stereocenters. The van der Waals surface area contributed by atoms with Gasteiger partial charge in [0.1, 0.15) is 0 Å². The Kier molecular flexibility index (Phi) is 7.89. The Morgan fingerprint density at radius 2 is 1.83 bits per heavy atom. The first-order valence-electron chi connectivity index (χ1n) is 10.8. The molecule has 2 aliphatic rings. The van der Waals surface area contributed by atoms with E-state index in [2.05, 4.69) is 17.1 Å². The second-order valence-corrected chi connectivity index (χ2v) is 8.01. The van der Waals surface area contributed by atoms with Crippen LogP contribution in [0.3, 0.4) is 0 Å². The first-order chi connectivity index (χ1) is 14.1. The fourth-order valence-electron chi connectivity index (χ4n) is 4.15. The summed E-state index contributed by atoms with van der Waals surface area (Å²) in [6, 6.07) is 8.24. The van der Waals surface area contributed by atoms with E-state index in [-0.39, 0.29) is 24.9 Å². The number of amides is 2. The molecular formula is C22H34N4O3. The Balaban J connectivity index is 1.45. The summed E-state index contributed by atoms with van der Waals surface area (Å²) in [6.45, 7) is 6.73.